The first-order valence-corrected chi connectivity index (χ1v) is 10.1. The number of hydrogen-bond donors (Lipinski definition) is 1. The third-order valence-corrected chi connectivity index (χ3v) is 4.86. The molecule has 8 heteroatoms. The molecule has 0 radical (unpaired) electrons. The molecule has 0 fully saturated rings. The van der Waals surface area contributed by atoms with Crippen molar-refractivity contribution >= 4 is 22.6 Å². The van der Waals surface area contributed by atoms with Gasteiger partial charge in [0.2, 0.25) is 17.6 Å². The van der Waals surface area contributed by atoms with Gasteiger partial charge >= 0.3 is 0 Å². The maximum Gasteiger partial charge on any atom is 0.227 e. The normalized spacial score (nSPS) is 11.3. The first-order chi connectivity index (χ1) is 14.5. The van der Waals surface area contributed by atoms with E-state index in [-0.39, 0.29) is 18.4 Å². The molecule has 0 bridgehead atoms. The number of rotatable bonds is 7. The molecule has 0 aliphatic carbocycles. The number of carbonyl (C=O) groups excluding carboxylic acids is 1. The fraction of sp³-hybridized carbons (Fsp3) is 0.318. The van der Waals surface area contributed by atoms with Gasteiger partial charge in [-0.2, -0.15) is 10.1 Å². The van der Waals surface area contributed by atoms with Crippen molar-refractivity contribution in [1.82, 2.24) is 24.9 Å². The van der Waals surface area contributed by atoms with Crippen LogP contribution >= 0.6 is 0 Å². The lowest BCUT2D eigenvalue weighted by Crippen LogP contribution is -2.12. The number of aryl methyl sites for hydroxylation is 2. The largest absolute Gasteiger partial charge is 0.339 e. The minimum absolute atomic E-state index is 0.139. The third-order valence-electron chi connectivity index (χ3n) is 4.86. The van der Waals surface area contributed by atoms with Gasteiger partial charge in [0.1, 0.15) is 0 Å². The summed E-state index contributed by atoms with van der Waals surface area (Å²) in [5, 5.41) is 12.1. The molecule has 1 aromatic carbocycles. The molecule has 0 spiro atoms. The van der Waals surface area contributed by atoms with Crippen molar-refractivity contribution in [3.05, 3.63) is 54.2 Å². The smallest absolute Gasteiger partial charge is 0.227 e. The fourth-order valence-corrected chi connectivity index (χ4v) is 3.19. The van der Waals surface area contributed by atoms with Crippen LogP contribution in [0.2, 0.25) is 0 Å². The van der Waals surface area contributed by atoms with Gasteiger partial charge in [-0.25, -0.2) is 9.67 Å². The summed E-state index contributed by atoms with van der Waals surface area (Å²) in [5.41, 5.74) is 3.59. The Morgan fingerprint density at radius 3 is 2.73 bits per heavy atom. The van der Waals surface area contributed by atoms with Crippen molar-refractivity contribution in [3.63, 3.8) is 0 Å². The van der Waals surface area contributed by atoms with E-state index in [9.17, 15) is 4.79 Å². The van der Waals surface area contributed by atoms with Gasteiger partial charge in [-0.15, -0.1) is 0 Å². The first kappa shape index (κ1) is 19.8. The molecule has 0 unspecified atom stereocenters. The van der Waals surface area contributed by atoms with Crippen LogP contribution in [0, 0.1) is 0 Å². The van der Waals surface area contributed by atoms with Crippen LogP contribution in [0.15, 0.2) is 47.2 Å². The number of carbonyl (C=O) groups is 1. The Bertz CT molecular complexity index is 1160. The number of nitrogens with one attached hydrogen (secondary N) is 1. The van der Waals surface area contributed by atoms with Gasteiger partial charge in [0.05, 0.1) is 18.1 Å². The Morgan fingerprint density at radius 2 is 2.00 bits per heavy atom. The predicted molar refractivity (Wildman–Crippen MR) is 114 cm³/mol. The molecule has 4 aromatic rings. The van der Waals surface area contributed by atoms with Gasteiger partial charge in [-0.3, -0.25) is 4.79 Å². The summed E-state index contributed by atoms with van der Waals surface area (Å²) < 4.78 is 7.15. The molecule has 0 aliphatic rings. The molecule has 0 saturated heterocycles. The highest BCUT2D eigenvalue weighted by molar-refractivity contribution is 5.92. The van der Waals surface area contributed by atoms with Crippen molar-refractivity contribution in [3.8, 4) is 11.4 Å². The highest BCUT2D eigenvalue weighted by Gasteiger charge is 2.12. The number of fused-ring (bicyclic) bond motifs is 1. The van der Waals surface area contributed by atoms with Crippen molar-refractivity contribution < 1.29 is 9.32 Å². The monoisotopic (exact) mass is 404 g/mol. The zero-order valence-electron chi connectivity index (χ0n) is 17.3. The Hall–Kier alpha value is -3.55. The third kappa shape index (κ3) is 4.22. The van der Waals surface area contributed by atoms with E-state index in [1.165, 1.54) is 5.56 Å². The van der Waals surface area contributed by atoms with E-state index < -0.39 is 0 Å². The minimum Gasteiger partial charge on any atom is -0.339 e. The lowest BCUT2D eigenvalue weighted by atomic mass is 10.1. The summed E-state index contributed by atoms with van der Waals surface area (Å²) >= 11 is 0. The molecule has 154 valence electrons. The van der Waals surface area contributed by atoms with E-state index in [0.29, 0.717) is 23.8 Å². The molecule has 8 nitrogen and oxygen atoms in total. The molecular weight excluding hydrogens is 380 g/mol. The molecule has 0 atom stereocenters. The number of anilines is 1. The average Bonchev–Trinajstić information content (AvgIpc) is 3.39. The van der Waals surface area contributed by atoms with E-state index in [4.69, 9.17) is 4.52 Å². The van der Waals surface area contributed by atoms with Crippen molar-refractivity contribution in [2.75, 3.05) is 5.32 Å². The maximum atomic E-state index is 12.3. The minimum atomic E-state index is -0.139. The second-order valence-electron chi connectivity index (χ2n) is 7.43. The summed E-state index contributed by atoms with van der Waals surface area (Å²) in [4.78, 5) is 21.2. The number of nitrogens with zero attached hydrogens (tertiary/aromatic N) is 5. The highest BCUT2D eigenvalue weighted by atomic mass is 16.5. The Morgan fingerprint density at radius 1 is 1.20 bits per heavy atom. The van der Waals surface area contributed by atoms with Crippen LogP contribution in [0.5, 0.6) is 0 Å². The maximum absolute atomic E-state index is 12.3. The quantitative estimate of drug-likeness (QED) is 0.496. The van der Waals surface area contributed by atoms with Crippen LogP contribution < -0.4 is 5.32 Å². The van der Waals surface area contributed by atoms with Crippen LogP contribution in [0.1, 0.15) is 44.7 Å². The lowest BCUT2D eigenvalue weighted by Gasteiger charge is -2.07. The van der Waals surface area contributed by atoms with E-state index in [0.717, 1.165) is 23.0 Å². The Kier molecular flexibility index (Phi) is 5.56. The van der Waals surface area contributed by atoms with Gasteiger partial charge in [0.15, 0.2) is 5.65 Å². The van der Waals surface area contributed by atoms with Gasteiger partial charge in [0, 0.05) is 29.8 Å². The lowest BCUT2D eigenvalue weighted by molar-refractivity contribution is -0.116. The number of amides is 1. The van der Waals surface area contributed by atoms with Crippen LogP contribution in [0.25, 0.3) is 22.4 Å². The van der Waals surface area contributed by atoms with Crippen LogP contribution in [0.4, 0.5) is 5.69 Å². The number of benzene rings is 1. The summed E-state index contributed by atoms with van der Waals surface area (Å²) in [6, 6.07) is 10.1. The highest BCUT2D eigenvalue weighted by Crippen LogP contribution is 2.20. The number of hydrogen-bond acceptors (Lipinski definition) is 6. The SMILES string of the molecule is CCc1ccc(-c2noc(CCC(=O)Nc3cnc4c(cnn4C(C)C)c3)n2)cc1. The molecule has 4 rings (SSSR count). The van der Waals surface area contributed by atoms with Crippen LogP contribution in [-0.2, 0) is 17.6 Å². The van der Waals surface area contributed by atoms with Gasteiger partial charge in [-0.05, 0) is 31.9 Å². The average molecular weight is 404 g/mol. The predicted octanol–water partition coefficient (Wildman–Crippen LogP) is 4.20. The molecule has 1 amide bonds. The summed E-state index contributed by atoms with van der Waals surface area (Å²) in [7, 11) is 0. The van der Waals surface area contributed by atoms with Crippen LogP contribution in [-0.4, -0.2) is 30.8 Å². The van der Waals surface area contributed by atoms with Crippen LogP contribution in [0.3, 0.4) is 0 Å². The molecule has 30 heavy (non-hydrogen) atoms. The molecule has 0 saturated carbocycles. The first-order valence-electron chi connectivity index (χ1n) is 10.1. The zero-order valence-corrected chi connectivity index (χ0v) is 17.3. The van der Waals surface area contributed by atoms with Gasteiger partial charge < -0.3 is 9.84 Å². The van der Waals surface area contributed by atoms with Gasteiger partial charge in [0.25, 0.3) is 0 Å². The number of aromatic nitrogens is 5. The molecule has 1 N–H and O–H groups in total. The fourth-order valence-electron chi connectivity index (χ4n) is 3.19. The van der Waals surface area contributed by atoms with E-state index in [1.807, 2.05) is 36.7 Å². The molecule has 0 aliphatic heterocycles. The number of pyridine rings is 1. The second-order valence-corrected chi connectivity index (χ2v) is 7.43. The van der Waals surface area contributed by atoms with E-state index in [2.05, 4.69) is 44.6 Å². The topological polar surface area (TPSA) is 98.7 Å². The molecular formula is C22H24N6O2. The summed E-state index contributed by atoms with van der Waals surface area (Å²) in [6.45, 7) is 6.21. The summed E-state index contributed by atoms with van der Waals surface area (Å²) in [5.74, 6) is 0.829. The molecule has 3 aromatic heterocycles. The molecule has 3 heterocycles. The Balaban J connectivity index is 1.36. The van der Waals surface area contributed by atoms with Gasteiger partial charge in [-0.1, -0.05) is 36.3 Å². The standard InChI is InChI=1S/C22H24N6O2/c1-4-15-5-7-16(8-6-15)21-26-20(30-27-21)10-9-19(29)25-18-11-17-12-24-28(14(2)3)22(17)23-13-18/h5-8,11-14H,4,9-10H2,1-3H3,(H,25,29). The van der Waals surface area contributed by atoms with E-state index in [1.54, 1.807) is 12.4 Å². The van der Waals surface area contributed by atoms with Crippen molar-refractivity contribution in [2.45, 2.75) is 46.1 Å². The Labute approximate surface area is 174 Å². The van der Waals surface area contributed by atoms with E-state index >= 15 is 0 Å². The second kappa shape index (κ2) is 8.44. The summed E-state index contributed by atoms with van der Waals surface area (Å²) in [6.07, 6.45) is 4.98. The zero-order chi connectivity index (χ0) is 21.1. The van der Waals surface area contributed by atoms with Crippen molar-refractivity contribution in [1.29, 1.82) is 0 Å². The van der Waals surface area contributed by atoms with Crippen molar-refractivity contribution in [2.24, 2.45) is 0 Å².